The van der Waals surface area contributed by atoms with Gasteiger partial charge in [-0.3, -0.25) is 4.72 Å². The summed E-state index contributed by atoms with van der Waals surface area (Å²) in [6.45, 7) is 3.30. The third kappa shape index (κ3) is 31.0. The van der Waals surface area contributed by atoms with Gasteiger partial charge in [-0.15, -0.1) is 0 Å². The van der Waals surface area contributed by atoms with Gasteiger partial charge in [0.05, 0.1) is 43.2 Å². The second-order valence-electron chi connectivity index (χ2n) is 16.7. The van der Waals surface area contributed by atoms with Crippen LogP contribution in [0.1, 0.15) is 41.5 Å². The van der Waals surface area contributed by atoms with Crippen LogP contribution < -0.4 is 42.8 Å². The highest BCUT2D eigenvalue weighted by Gasteiger charge is 2.24. The molecule has 26 nitrogen and oxygen atoms in total. The Morgan fingerprint density at radius 1 is 0.527 bits per heavy atom. The van der Waals surface area contributed by atoms with Crippen molar-refractivity contribution in [2.45, 2.75) is 45.3 Å². The Bertz CT molecular complexity index is 3010. The molecule has 31 heteroatoms. The zero-order valence-electron chi connectivity index (χ0n) is 42.1. The van der Waals surface area contributed by atoms with Crippen LogP contribution in [0.5, 0.6) is 0 Å². The van der Waals surface area contributed by atoms with Crippen LogP contribution in [-0.2, 0) is 80.9 Å². The molecule has 0 aromatic carbocycles. The number of nitrogens with zero attached hydrogens (tertiary/aromatic N) is 7. The summed E-state index contributed by atoms with van der Waals surface area (Å²) in [4.78, 5) is 19.4. The van der Waals surface area contributed by atoms with Crippen LogP contribution in [-0.4, -0.2) is 140 Å². The Morgan fingerprint density at radius 3 is 1.32 bits per heavy atom. The SMILES string of the molecule is CN(Cc1ccc(N)nc1)S(C)(=O)=O.CS(=O)(=O)N(Cc1ccc(N)nc1)CC1CCOCC1.CS(=O)(=O)NCCCc1ccc(N)nc1.CS(=O)(=O)NCc1ccc(N)nc1.CS(=O)(=O)Nc1ccc(N)nc1. The van der Waals surface area contributed by atoms with Crippen molar-refractivity contribution in [2.24, 2.45) is 5.92 Å². The molecule has 0 unspecified atom stereocenters. The van der Waals surface area contributed by atoms with E-state index in [-0.39, 0.29) is 6.54 Å². The van der Waals surface area contributed by atoms with Gasteiger partial charge in [0.25, 0.3) is 0 Å². The van der Waals surface area contributed by atoms with Gasteiger partial charge in [0.15, 0.2) is 0 Å². The van der Waals surface area contributed by atoms with E-state index in [0.717, 1.165) is 73.0 Å². The van der Waals surface area contributed by atoms with E-state index >= 15 is 0 Å². The molecule has 1 aliphatic heterocycles. The number of nitrogens with one attached hydrogen (secondary N) is 3. The smallest absolute Gasteiger partial charge is 0.229 e. The van der Waals surface area contributed by atoms with E-state index < -0.39 is 50.1 Å². The molecule has 0 spiro atoms. The highest BCUT2D eigenvalue weighted by atomic mass is 32.2. The maximum Gasteiger partial charge on any atom is 0.229 e. The van der Waals surface area contributed by atoms with Crippen molar-refractivity contribution in [1.29, 1.82) is 0 Å². The van der Waals surface area contributed by atoms with Crippen LogP contribution >= 0.6 is 0 Å². The van der Waals surface area contributed by atoms with Gasteiger partial charge in [0.2, 0.25) is 50.1 Å². The minimum absolute atomic E-state index is 0.242. The van der Waals surface area contributed by atoms with Crippen LogP contribution in [0.15, 0.2) is 91.6 Å². The van der Waals surface area contributed by atoms with Gasteiger partial charge in [0, 0.05) is 77.8 Å². The zero-order chi connectivity index (χ0) is 55.8. The first-order valence-electron chi connectivity index (χ1n) is 22.1. The van der Waals surface area contributed by atoms with E-state index in [9.17, 15) is 42.1 Å². The van der Waals surface area contributed by atoms with E-state index in [0.29, 0.717) is 80.1 Å². The van der Waals surface area contributed by atoms with Gasteiger partial charge in [-0.05, 0) is 90.3 Å². The second-order valence-corrected chi connectivity index (χ2v) is 26.2. The Hall–Kier alpha value is -5.90. The van der Waals surface area contributed by atoms with E-state index in [4.69, 9.17) is 33.4 Å². The number of pyridine rings is 5. The Morgan fingerprint density at radius 2 is 0.946 bits per heavy atom. The van der Waals surface area contributed by atoms with Gasteiger partial charge in [-0.2, -0.15) is 4.31 Å². The largest absolute Gasteiger partial charge is 0.384 e. The molecule has 0 amide bonds. The molecular weight excluding hydrogens is 1060 g/mol. The summed E-state index contributed by atoms with van der Waals surface area (Å²) < 4.78 is 125. The molecule has 0 radical (unpaired) electrons. The minimum atomic E-state index is -3.24. The van der Waals surface area contributed by atoms with Crippen LogP contribution in [0.25, 0.3) is 0 Å². The van der Waals surface area contributed by atoms with Crippen molar-refractivity contribution in [1.82, 2.24) is 43.0 Å². The van der Waals surface area contributed by atoms with Crippen molar-refractivity contribution >= 4 is 84.9 Å². The molecule has 0 atom stereocenters. The molecule has 1 aliphatic rings. The summed E-state index contributed by atoms with van der Waals surface area (Å²) in [6, 6.07) is 16.9. The standard InChI is InChI=1S/C13H21N3O3S.C9H15N3O2S.C8H13N3O2S.C7H11N3O2S.C6H9N3O2S/c1-20(17,18)16(9-11-4-6-19-7-5-11)10-12-2-3-13(14)15-8-12;1-15(13,14)12-6-2-3-8-4-5-9(10)11-7-8;1-11(14(2,12)13)6-7-3-4-8(9)10-5-7;1-13(11,12)10-5-6-2-3-7(8)9-4-6;1-12(10,11)9-5-2-3-6(7)8-4-5/h2-3,8,11H,4-7,9-10H2,1H3,(H2,14,15);4-5,7,12H,2-3,6H2,1H3,(H2,10,11);3-5H,6H2,1-2H3,(H2,9,10);2-4,10H,5H2,1H3,(H2,8,9);2-4,9H,1H3,(H2,7,8). The Kier molecular flexibility index (Phi) is 26.4. The van der Waals surface area contributed by atoms with Gasteiger partial charge < -0.3 is 33.4 Å². The van der Waals surface area contributed by atoms with Crippen molar-refractivity contribution in [3.63, 3.8) is 0 Å². The first-order valence-corrected chi connectivity index (χ1v) is 31.5. The number of hydrogen-bond acceptors (Lipinski definition) is 21. The van der Waals surface area contributed by atoms with Crippen LogP contribution in [0, 0.1) is 5.92 Å². The summed E-state index contributed by atoms with van der Waals surface area (Å²) in [6.07, 6.45) is 16.9. The molecule has 0 bridgehead atoms. The van der Waals surface area contributed by atoms with Gasteiger partial charge in [0.1, 0.15) is 29.1 Å². The number of rotatable bonds is 18. The van der Waals surface area contributed by atoms with Crippen molar-refractivity contribution in [3.8, 4) is 0 Å². The lowest BCUT2D eigenvalue weighted by molar-refractivity contribution is 0.0601. The van der Waals surface area contributed by atoms with Crippen LogP contribution in [0.3, 0.4) is 0 Å². The van der Waals surface area contributed by atoms with E-state index in [2.05, 4.69) is 39.1 Å². The first kappa shape index (κ1) is 64.2. The molecule has 74 heavy (non-hydrogen) atoms. The number of nitrogen functional groups attached to an aromatic ring is 5. The van der Waals surface area contributed by atoms with Gasteiger partial charge in [-0.25, -0.2) is 80.8 Å². The fraction of sp³-hybridized carbons (Fsp3) is 0.419. The fourth-order valence-electron chi connectivity index (χ4n) is 5.74. The predicted molar refractivity (Wildman–Crippen MR) is 290 cm³/mol. The average Bonchev–Trinajstić information content (AvgIpc) is 3.30. The number of nitrogens with two attached hydrogens (primary N) is 5. The molecule has 6 rings (SSSR count). The quantitative estimate of drug-likeness (QED) is 0.0563. The zero-order valence-corrected chi connectivity index (χ0v) is 46.1. The average molecular weight is 1130 g/mol. The Labute approximate surface area is 435 Å². The van der Waals surface area contributed by atoms with E-state index in [1.54, 1.807) is 61.1 Å². The monoisotopic (exact) mass is 1130 g/mol. The van der Waals surface area contributed by atoms with Crippen LogP contribution in [0.2, 0.25) is 0 Å². The van der Waals surface area contributed by atoms with E-state index in [1.807, 2.05) is 12.1 Å². The highest BCUT2D eigenvalue weighted by molar-refractivity contribution is 7.92. The second kappa shape index (κ2) is 30.5. The first-order chi connectivity index (χ1) is 34.3. The third-order valence-electron chi connectivity index (χ3n) is 9.63. The lowest BCUT2D eigenvalue weighted by Crippen LogP contribution is -2.36. The molecule has 0 saturated carbocycles. The van der Waals surface area contributed by atoms with Crippen molar-refractivity contribution in [2.75, 3.05) is 98.0 Å². The molecule has 13 N–H and O–H groups in total. The highest BCUT2D eigenvalue weighted by Crippen LogP contribution is 2.19. The lowest BCUT2D eigenvalue weighted by Gasteiger charge is -2.28. The topological polar surface area (TPSA) is 417 Å². The van der Waals surface area contributed by atoms with Gasteiger partial charge >= 0.3 is 0 Å². The maximum absolute atomic E-state index is 11.9. The number of aromatic nitrogens is 5. The molecule has 5 aromatic rings. The van der Waals surface area contributed by atoms with E-state index in [1.165, 1.54) is 40.4 Å². The lowest BCUT2D eigenvalue weighted by atomic mass is 10.0. The normalized spacial score (nSPS) is 13.1. The molecule has 6 heterocycles. The Balaban J connectivity index is 0.000000321. The number of hydrogen-bond donors (Lipinski definition) is 8. The molecule has 1 saturated heterocycles. The fourth-order valence-corrected chi connectivity index (χ4v) is 8.48. The minimum Gasteiger partial charge on any atom is -0.384 e. The predicted octanol–water partition coefficient (Wildman–Crippen LogP) is 0.801. The molecular formula is C43H69N15O11S5. The molecule has 0 aliphatic carbocycles. The number of ether oxygens (including phenoxy) is 1. The number of aryl methyl sites for hydroxylation is 1. The molecule has 1 fully saturated rings. The summed E-state index contributed by atoms with van der Waals surface area (Å²) in [5.74, 6) is 2.49. The maximum atomic E-state index is 11.9. The summed E-state index contributed by atoms with van der Waals surface area (Å²) >= 11 is 0. The number of sulfonamides is 5. The molecule has 5 aromatic heterocycles. The summed E-state index contributed by atoms with van der Waals surface area (Å²) in [7, 11) is -14.3. The van der Waals surface area contributed by atoms with Crippen molar-refractivity contribution in [3.05, 3.63) is 114 Å². The summed E-state index contributed by atoms with van der Waals surface area (Å²) in [5, 5.41) is 0. The van der Waals surface area contributed by atoms with Crippen molar-refractivity contribution < 1.29 is 46.8 Å². The number of anilines is 6. The third-order valence-corrected chi connectivity index (χ3v) is 14.1. The van der Waals surface area contributed by atoms with Gasteiger partial charge in [-0.1, -0.05) is 24.3 Å². The molecule has 412 valence electrons. The van der Waals surface area contributed by atoms with Crippen LogP contribution in [0.4, 0.5) is 34.8 Å². The summed E-state index contributed by atoms with van der Waals surface area (Å²) in [5.41, 5.74) is 30.9.